The van der Waals surface area contributed by atoms with E-state index in [4.69, 9.17) is 9.47 Å². The van der Waals surface area contributed by atoms with E-state index in [2.05, 4.69) is 20.6 Å². The average molecular weight is 381 g/mol. The fourth-order valence-corrected chi connectivity index (χ4v) is 2.41. The van der Waals surface area contributed by atoms with Gasteiger partial charge in [-0.1, -0.05) is 18.2 Å². The lowest BCUT2D eigenvalue weighted by atomic mass is 10.3. The van der Waals surface area contributed by atoms with Gasteiger partial charge in [0, 0.05) is 19.3 Å². The Bertz CT molecular complexity index is 919. The zero-order chi connectivity index (χ0) is 19.8. The van der Waals surface area contributed by atoms with Crippen molar-refractivity contribution < 1.29 is 14.4 Å². The topological polar surface area (TPSA) is 111 Å². The molecule has 0 amide bonds. The van der Waals surface area contributed by atoms with Crippen LogP contribution in [0.3, 0.4) is 0 Å². The van der Waals surface area contributed by atoms with Crippen molar-refractivity contribution in [2.24, 2.45) is 0 Å². The molecule has 0 radical (unpaired) electrons. The Labute approximate surface area is 161 Å². The number of aromatic nitrogens is 2. The van der Waals surface area contributed by atoms with E-state index in [1.807, 2.05) is 30.3 Å². The molecule has 0 fully saturated rings. The van der Waals surface area contributed by atoms with Crippen LogP contribution in [0.4, 0.5) is 23.0 Å². The molecule has 0 bridgehead atoms. The molecule has 0 saturated carbocycles. The molecular weight excluding hydrogens is 362 g/mol. The number of methoxy groups -OCH3 is 1. The molecule has 144 valence electrons. The lowest BCUT2D eigenvalue weighted by molar-refractivity contribution is -0.383. The molecule has 1 heterocycles. The quantitative estimate of drug-likeness (QED) is 0.325. The van der Waals surface area contributed by atoms with Gasteiger partial charge < -0.3 is 20.1 Å². The van der Waals surface area contributed by atoms with E-state index < -0.39 is 4.92 Å². The molecule has 9 nitrogen and oxygen atoms in total. The standard InChI is InChI=1S/C19H19N5O4/c1-27-12-11-20-18-17(24(25)26)19(22-13-21-18)23-14-7-9-16(10-8-14)28-15-5-3-2-4-6-15/h2-10,13H,11-12H2,1H3,(H2,20,21,22,23). The highest BCUT2D eigenvalue weighted by Crippen LogP contribution is 2.31. The van der Waals surface area contributed by atoms with E-state index in [9.17, 15) is 10.1 Å². The molecule has 0 aliphatic heterocycles. The Kier molecular flexibility index (Phi) is 6.32. The summed E-state index contributed by atoms with van der Waals surface area (Å²) in [6.45, 7) is 0.784. The van der Waals surface area contributed by atoms with E-state index in [-0.39, 0.29) is 17.3 Å². The predicted molar refractivity (Wildman–Crippen MR) is 105 cm³/mol. The highest BCUT2D eigenvalue weighted by Gasteiger charge is 2.22. The van der Waals surface area contributed by atoms with Gasteiger partial charge in [0.1, 0.15) is 17.8 Å². The number of hydrogen-bond acceptors (Lipinski definition) is 8. The van der Waals surface area contributed by atoms with Gasteiger partial charge in [-0.15, -0.1) is 0 Å². The van der Waals surface area contributed by atoms with Crippen LogP contribution >= 0.6 is 0 Å². The molecule has 0 atom stereocenters. The average Bonchev–Trinajstić information content (AvgIpc) is 2.70. The van der Waals surface area contributed by atoms with Gasteiger partial charge in [-0.05, 0) is 36.4 Å². The summed E-state index contributed by atoms with van der Waals surface area (Å²) in [7, 11) is 1.55. The molecule has 2 aromatic carbocycles. The summed E-state index contributed by atoms with van der Waals surface area (Å²) >= 11 is 0. The molecule has 3 rings (SSSR count). The van der Waals surface area contributed by atoms with E-state index in [1.54, 1.807) is 31.4 Å². The minimum atomic E-state index is -0.523. The van der Waals surface area contributed by atoms with Crippen LogP contribution in [-0.4, -0.2) is 35.2 Å². The van der Waals surface area contributed by atoms with Gasteiger partial charge in [0.2, 0.25) is 11.6 Å². The summed E-state index contributed by atoms with van der Waals surface area (Å²) in [6.07, 6.45) is 1.26. The Hall–Kier alpha value is -3.72. The minimum absolute atomic E-state index is 0.0941. The van der Waals surface area contributed by atoms with Crippen molar-refractivity contribution in [3.8, 4) is 11.5 Å². The number of benzene rings is 2. The number of nitrogens with zero attached hydrogens (tertiary/aromatic N) is 3. The van der Waals surface area contributed by atoms with Crippen LogP contribution in [-0.2, 0) is 4.74 Å². The predicted octanol–water partition coefficient (Wildman–Crippen LogP) is 3.98. The molecule has 3 aromatic rings. The van der Waals surface area contributed by atoms with E-state index in [0.717, 1.165) is 5.75 Å². The minimum Gasteiger partial charge on any atom is -0.457 e. The third kappa shape index (κ3) is 4.92. The second-order valence-corrected chi connectivity index (χ2v) is 5.66. The van der Waals surface area contributed by atoms with Crippen LogP contribution in [0.5, 0.6) is 11.5 Å². The van der Waals surface area contributed by atoms with Crippen molar-refractivity contribution in [2.45, 2.75) is 0 Å². The van der Waals surface area contributed by atoms with Crippen molar-refractivity contribution in [3.63, 3.8) is 0 Å². The molecule has 1 aromatic heterocycles. The molecule has 0 spiro atoms. The number of anilines is 3. The van der Waals surface area contributed by atoms with Gasteiger partial charge in [-0.25, -0.2) is 9.97 Å². The third-order valence-electron chi connectivity index (χ3n) is 3.70. The highest BCUT2D eigenvalue weighted by molar-refractivity contribution is 5.73. The Morgan fingerprint density at radius 3 is 2.36 bits per heavy atom. The molecule has 0 aliphatic carbocycles. The highest BCUT2D eigenvalue weighted by atomic mass is 16.6. The Morgan fingerprint density at radius 1 is 1.00 bits per heavy atom. The molecule has 2 N–H and O–H groups in total. The van der Waals surface area contributed by atoms with Crippen LogP contribution in [0.15, 0.2) is 60.9 Å². The number of nitrogens with one attached hydrogen (secondary N) is 2. The maximum absolute atomic E-state index is 11.5. The lowest BCUT2D eigenvalue weighted by Crippen LogP contribution is -2.12. The van der Waals surface area contributed by atoms with Gasteiger partial charge in [0.15, 0.2) is 0 Å². The van der Waals surface area contributed by atoms with Crippen LogP contribution in [0, 0.1) is 10.1 Å². The van der Waals surface area contributed by atoms with Crippen LogP contribution in [0.25, 0.3) is 0 Å². The number of rotatable bonds is 9. The van der Waals surface area contributed by atoms with Crippen LogP contribution < -0.4 is 15.4 Å². The monoisotopic (exact) mass is 381 g/mol. The molecule has 0 unspecified atom stereocenters. The van der Waals surface area contributed by atoms with Gasteiger partial charge >= 0.3 is 5.69 Å². The Balaban J connectivity index is 1.75. The number of nitro groups is 1. The van der Waals surface area contributed by atoms with Crippen LogP contribution in [0.1, 0.15) is 0 Å². The first-order chi connectivity index (χ1) is 13.7. The van der Waals surface area contributed by atoms with Gasteiger partial charge in [0.05, 0.1) is 11.5 Å². The van der Waals surface area contributed by atoms with E-state index >= 15 is 0 Å². The second-order valence-electron chi connectivity index (χ2n) is 5.66. The zero-order valence-corrected chi connectivity index (χ0v) is 15.2. The molecular formula is C19H19N5O4. The number of ether oxygens (including phenoxy) is 2. The summed E-state index contributed by atoms with van der Waals surface area (Å²) in [5.74, 6) is 1.59. The normalized spacial score (nSPS) is 10.3. The SMILES string of the molecule is COCCNc1ncnc(Nc2ccc(Oc3ccccc3)cc2)c1[N+](=O)[O-]. The smallest absolute Gasteiger partial charge is 0.353 e. The number of para-hydroxylation sites is 1. The zero-order valence-electron chi connectivity index (χ0n) is 15.2. The van der Waals surface area contributed by atoms with Crippen molar-refractivity contribution in [2.75, 3.05) is 30.9 Å². The second kappa shape index (κ2) is 9.28. The van der Waals surface area contributed by atoms with Gasteiger partial charge in [-0.2, -0.15) is 0 Å². The van der Waals surface area contributed by atoms with Crippen molar-refractivity contribution in [1.82, 2.24) is 9.97 Å². The first kappa shape index (κ1) is 19.1. The van der Waals surface area contributed by atoms with Crippen molar-refractivity contribution in [1.29, 1.82) is 0 Å². The maximum Gasteiger partial charge on any atom is 0.353 e. The van der Waals surface area contributed by atoms with E-state index in [0.29, 0.717) is 24.6 Å². The summed E-state index contributed by atoms with van der Waals surface area (Å²) in [5, 5.41) is 17.4. The molecule has 28 heavy (non-hydrogen) atoms. The summed E-state index contributed by atoms with van der Waals surface area (Å²) in [5.41, 5.74) is 0.397. The van der Waals surface area contributed by atoms with Crippen molar-refractivity contribution in [3.05, 3.63) is 71.0 Å². The fourth-order valence-electron chi connectivity index (χ4n) is 2.41. The lowest BCUT2D eigenvalue weighted by Gasteiger charge is -2.10. The Morgan fingerprint density at radius 2 is 1.68 bits per heavy atom. The molecule has 0 aliphatic rings. The summed E-state index contributed by atoms with van der Waals surface area (Å²) in [4.78, 5) is 19.0. The third-order valence-corrected chi connectivity index (χ3v) is 3.70. The largest absolute Gasteiger partial charge is 0.457 e. The number of hydrogen-bond donors (Lipinski definition) is 2. The first-order valence-corrected chi connectivity index (χ1v) is 8.49. The van der Waals surface area contributed by atoms with Crippen LogP contribution in [0.2, 0.25) is 0 Å². The molecule has 9 heteroatoms. The van der Waals surface area contributed by atoms with Crippen molar-refractivity contribution >= 4 is 23.0 Å². The van der Waals surface area contributed by atoms with Gasteiger partial charge in [0.25, 0.3) is 0 Å². The molecule has 0 saturated heterocycles. The summed E-state index contributed by atoms with van der Waals surface area (Å²) < 4.78 is 10.7. The maximum atomic E-state index is 11.5. The summed E-state index contributed by atoms with van der Waals surface area (Å²) in [6, 6.07) is 16.4. The van der Waals surface area contributed by atoms with E-state index in [1.165, 1.54) is 6.33 Å². The fraction of sp³-hybridized carbons (Fsp3) is 0.158. The first-order valence-electron chi connectivity index (χ1n) is 8.49. The van der Waals surface area contributed by atoms with Gasteiger partial charge in [-0.3, -0.25) is 10.1 Å².